The van der Waals surface area contributed by atoms with Crippen LogP contribution in [0.2, 0.25) is 0 Å². The third-order valence-electron chi connectivity index (χ3n) is 4.10. The molecule has 1 heterocycles. The van der Waals surface area contributed by atoms with Crippen molar-refractivity contribution in [1.29, 1.82) is 0 Å². The molecule has 0 fully saturated rings. The number of nitrogens with two attached hydrogens (primary N) is 1. The molecule has 4 nitrogen and oxygen atoms in total. The molecule has 0 saturated heterocycles. The number of rotatable bonds is 3. The van der Waals surface area contributed by atoms with E-state index < -0.39 is 6.10 Å². The Kier molecular flexibility index (Phi) is 6.30. The highest BCUT2D eigenvalue weighted by molar-refractivity contribution is 9.10. The number of carbonyl (C=O) groups is 1. The number of amides is 1. The van der Waals surface area contributed by atoms with Crippen molar-refractivity contribution in [2.75, 3.05) is 17.2 Å². The van der Waals surface area contributed by atoms with Gasteiger partial charge in [-0.2, -0.15) is 0 Å². The minimum Gasteiger partial charge on any atom is -0.480 e. The molecule has 134 valence electrons. The smallest absolute Gasteiger partial charge is 0.267 e. The molecule has 25 heavy (non-hydrogen) atoms. The van der Waals surface area contributed by atoms with Gasteiger partial charge in [-0.05, 0) is 71.6 Å². The lowest BCUT2D eigenvalue weighted by Crippen LogP contribution is -2.43. The first-order valence-electron chi connectivity index (χ1n) is 7.78. The van der Waals surface area contributed by atoms with Crippen molar-refractivity contribution < 1.29 is 13.9 Å². The van der Waals surface area contributed by atoms with E-state index in [0.29, 0.717) is 22.5 Å². The Balaban J connectivity index is 0.00000225. The van der Waals surface area contributed by atoms with Crippen LogP contribution >= 0.6 is 28.3 Å². The second-order valence-corrected chi connectivity index (χ2v) is 6.63. The standard InChI is InChI=1S/C18H18BrFN2O2.ClH/c1-11(24-17-8-7-12(20)10-14(17)19)18(23)22-9-3-4-13-15(21)5-2-6-16(13)22;/h2,5-8,10-11H,3-4,9,21H2,1H3;1H. The molecule has 1 unspecified atom stereocenters. The van der Waals surface area contributed by atoms with Crippen molar-refractivity contribution in [3.05, 3.63) is 52.3 Å². The highest BCUT2D eigenvalue weighted by atomic mass is 79.9. The molecular weight excluding hydrogens is 411 g/mol. The SMILES string of the molecule is CC(Oc1ccc(F)cc1Br)C(=O)N1CCCc2c(N)cccc21.Cl. The summed E-state index contributed by atoms with van der Waals surface area (Å²) in [6.45, 7) is 2.33. The lowest BCUT2D eigenvalue weighted by molar-refractivity contribution is -0.124. The van der Waals surface area contributed by atoms with Gasteiger partial charge in [-0.25, -0.2) is 4.39 Å². The zero-order chi connectivity index (χ0) is 17.3. The predicted octanol–water partition coefficient (Wildman–Crippen LogP) is 4.34. The molecule has 0 bridgehead atoms. The first kappa shape index (κ1) is 19.5. The molecule has 0 aliphatic carbocycles. The molecule has 0 saturated carbocycles. The average molecular weight is 430 g/mol. The van der Waals surface area contributed by atoms with Crippen LogP contribution in [0.15, 0.2) is 40.9 Å². The van der Waals surface area contributed by atoms with E-state index in [1.807, 2.05) is 18.2 Å². The maximum atomic E-state index is 13.2. The predicted molar refractivity (Wildman–Crippen MR) is 103 cm³/mol. The highest BCUT2D eigenvalue weighted by Gasteiger charge is 2.28. The summed E-state index contributed by atoms with van der Waals surface area (Å²) in [5.41, 5.74) is 8.59. The van der Waals surface area contributed by atoms with Gasteiger partial charge in [-0.3, -0.25) is 4.79 Å². The molecule has 1 atom stereocenters. The van der Waals surface area contributed by atoms with Crippen molar-refractivity contribution in [3.63, 3.8) is 0 Å². The molecular formula is C18H19BrClFN2O2. The molecule has 2 aromatic rings. The van der Waals surface area contributed by atoms with E-state index in [2.05, 4.69) is 15.9 Å². The van der Waals surface area contributed by atoms with E-state index in [1.54, 1.807) is 11.8 Å². The van der Waals surface area contributed by atoms with Crippen molar-refractivity contribution >= 4 is 45.6 Å². The molecule has 0 spiro atoms. The van der Waals surface area contributed by atoms with Gasteiger partial charge in [0.15, 0.2) is 6.10 Å². The summed E-state index contributed by atoms with van der Waals surface area (Å²) in [7, 11) is 0. The Labute approximate surface area is 160 Å². The van der Waals surface area contributed by atoms with Crippen LogP contribution in [0.1, 0.15) is 18.9 Å². The number of nitrogen functional groups attached to an aromatic ring is 1. The molecule has 0 radical (unpaired) electrons. The minimum atomic E-state index is -0.695. The van der Waals surface area contributed by atoms with Gasteiger partial charge in [-0.1, -0.05) is 6.07 Å². The Morgan fingerprint density at radius 3 is 2.84 bits per heavy atom. The summed E-state index contributed by atoms with van der Waals surface area (Å²) >= 11 is 3.25. The van der Waals surface area contributed by atoms with Crippen molar-refractivity contribution in [2.45, 2.75) is 25.9 Å². The zero-order valence-corrected chi connectivity index (χ0v) is 16.1. The maximum absolute atomic E-state index is 13.2. The van der Waals surface area contributed by atoms with Crippen LogP contribution in [0.4, 0.5) is 15.8 Å². The molecule has 2 aromatic carbocycles. The number of ether oxygens (including phenoxy) is 1. The summed E-state index contributed by atoms with van der Waals surface area (Å²) in [6, 6.07) is 9.72. The van der Waals surface area contributed by atoms with Crippen LogP contribution in [0.3, 0.4) is 0 Å². The van der Waals surface area contributed by atoms with Gasteiger partial charge in [-0.15, -0.1) is 12.4 Å². The van der Waals surface area contributed by atoms with E-state index in [1.165, 1.54) is 18.2 Å². The minimum absolute atomic E-state index is 0. The summed E-state index contributed by atoms with van der Waals surface area (Å²) in [6.07, 6.45) is 1.03. The monoisotopic (exact) mass is 428 g/mol. The van der Waals surface area contributed by atoms with E-state index in [4.69, 9.17) is 10.5 Å². The van der Waals surface area contributed by atoms with Gasteiger partial charge in [0.25, 0.3) is 5.91 Å². The second kappa shape index (κ2) is 8.06. The van der Waals surface area contributed by atoms with E-state index >= 15 is 0 Å². The number of carbonyl (C=O) groups excluding carboxylic acids is 1. The first-order valence-corrected chi connectivity index (χ1v) is 8.57. The quantitative estimate of drug-likeness (QED) is 0.739. The lowest BCUT2D eigenvalue weighted by atomic mass is 9.99. The van der Waals surface area contributed by atoms with Crippen LogP contribution in [0.25, 0.3) is 0 Å². The maximum Gasteiger partial charge on any atom is 0.267 e. The molecule has 1 aliphatic rings. The lowest BCUT2D eigenvalue weighted by Gasteiger charge is -2.32. The van der Waals surface area contributed by atoms with Gasteiger partial charge < -0.3 is 15.4 Å². The van der Waals surface area contributed by atoms with Crippen LogP contribution in [-0.2, 0) is 11.2 Å². The summed E-state index contributed by atoms with van der Waals surface area (Å²) in [5, 5.41) is 0. The summed E-state index contributed by atoms with van der Waals surface area (Å²) < 4.78 is 19.4. The topological polar surface area (TPSA) is 55.6 Å². The van der Waals surface area contributed by atoms with Gasteiger partial charge >= 0.3 is 0 Å². The number of halogens is 3. The fraction of sp³-hybridized carbons (Fsp3) is 0.278. The number of anilines is 2. The molecule has 2 N–H and O–H groups in total. The fourth-order valence-corrected chi connectivity index (χ4v) is 3.36. The van der Waals surface area contributed by atoms with E-state index in [9.17, 15) is 9.18 Å². The van der Waals surface area contributed by atoms with Crippen LogP contribution in [0.5, 0.6) is 5.75 Å². The van der Waals surface area contributed by atoms with Crippen molar-refractivity contribution in [3.8, 4) is 5.75 Å². The Bertz CT molecular complexity index is 788. The van der Waals surface area contributed by atoms with E-state index in [-0.39, 0.29) is 24.1 Å². The zero-order valence-electron chi connectivity index (χ0n) is 13.7. The third kappa shape index (κ3) is 4.07. The molecule has 7 heteroatoms. The van der Waals surface area contributed by atoms with Gasteiger partial charge in [0.05, 0.1) is 4.47 Å². The van der Waals surface area contributed by atoms with Gasteiger partial charge in [0.1, 0.15) is 11.6 Å². The van der Waals surface area contributed by atoms with Gasteiger partial charge in [0.2, 0.25) is 0 Å². The normalized spacial score (nSPS) is 14.3. The van der Waals surface area contributed by atoms with E-state index in [0.717, 1.165) is 24.1 Å². The number of fused-ring (bicyclic) bond motifs is 1. The van der Waals surface area contributed by atoms with Gasteiger partial charge in [0, 0.05) is 17.9 Å². The molecule has 0 aromatic heterocycles. The Morgan fingerprint density at radius 1 is 1.36 bits per heavy atom. The molecule has 3 rings (SSSR count). The largest absolute Gasteiger partial charge is 0.480 e. The number of hydrogen-bond acceptors (Lipinski definition) is 3. The number of hydrogen-bond donors (Lipinski definition) is 1. The molecule has 1 amide bonds. The van der Waals surface area contributed by atoms with Crippen LogP contribution in [0, 0.1) is 5.82 Å². The highest BCUT2D eigenvalue weighted by Crippen LogP contribution is 2.32. The Morgan fingerprint density at radius 2 is 2.12 bits per heavy atom. The summed E-state index contributed by atoms with van der Waals surface area (Å²) in [4.78, 5) is 14.5. The van der Waals surface area contributed by atoms with Crippen molar-refractivity contribution in [2.24, 2.45) is 0 Å². The second-order valence-electron chi connectivity index (χ2n) is 5.77. The van der Waals surface area contributed by atoms with Crippen molar-refractivity contribution in [1.82, 2.24) is 0 Å². The molecule has 1 aliphatic heterocycles. The number of nitrogens with zero attached hydrogens (tertiary/aromatic N) is 1. The fourth-order valence-electron chi connectivity index (χ4n) is 2.91. The number of benzene rings is 2. The third-order valence-corrected chi connectivity index (χ3v) is 4.72. The first-order chi connectivity index (χ1) is 11.5. The van der Waals surface area contributed by atoms with Crippen LogP contribution in [-0.4, -0.2) is 18.6 Å². The van der Waals surface area contributed by atoms with Crippen LogP contribution < -0.4 is 15.4 Å². The summed E-state index contributed by atoms with van der Waals surface area (Å²) in [5.74, 6) is -0.0755. The Hall–Kier alpha value is -1.79. The average Bonchev–Trinajstić information content (AvgIpc) is 2.56.